The Morgan fingerprint density at radius 3 is 2.71 bits per heavy atom. The lowest BCUT2D eigenvalue weighted by Gasteiger charge is -2.28. The Kier molecular flexibility index (Phi) is 4.46. The third-order valence-electron chi connectivity index (χ3n) is 2.58. The van der Waals surface area contributed by atoms with E-state index in [1.165, 1.54) is 0 Å². The molecule has 0 radical (unpaired) electrons. The van der Waals surface area contributed by atoms with Gasteiger partial charge in [0.05, 0.1) is 6.21 Å². The van der Waals surface area contributed by atoms with Crippen molar-refractivity contribution in [3.8, 4) is 0 Å². The average molecular weight is 248 g/mol. The Hall–Kier alpha value is -1.46. The second-order valence-electron chi connectivity index (χ2n) is 3.82. The molecule has 0 unspecified atom stereocenters. The zero-order valence-corrected chi connectivity index (χ0v) is 10.4. The van der Waals surface area contributed by atoms with E-state index in [9.17, 15) is 0 Å². The molecule has 17 heavy (non-hydrogen) atoms. The van der Waals surface area contributed by atoms with Crippen LogP contribution in [0.4, 0.5) is 0 Å². The number of piperazine rings is 1. The monoisotopic (exact) mass is 248 g/mol. The fourth-order valence-electron chi connectivity index (χ4n) is 1.64. The summed E-state index contributed by atoms with van der Waals surface area (Å²) in [6.07, 6.45) is 1.77. The molecule has 0 aromatic heterocycles. The van der Waals surface area contributed by atoms with Crippen LogP contribution in [0.25, 0.3) is 0 Å². The molecular formula is C12H16N4S. The Bertz CT molecular complexity index is 385. The van der Waals surface area contributed by atoms with Crippen LogP contribution in [-0.4, -0.2) is 42.4 Å². The summed E-state index contributed by atoms with van der Waals surface area (Å²) < 4.78 is 0. The molecule has 0 spiro atoms. The maximum absolute atomic E-state index is 5.26. The lowest BCUT2D eigenvalue weighted by molar-refractivity contribution is 0.353. The average Bonchev–Trinajstić information content (AvgIpc) is 2.41. The zero-order valence-electron chi connectivity index (χ0n) is 9.60. The number of nitrogens with zero attached hydrogens (tertiary/aromatic N) is 2. The highest BCUT2D eigenvalue weighted by atomic mass is 32.1. The fourth-order valence-corrected chi connectivity index (χ4v) is 1.88. The van der Waals surface area contributed by atoms with Crippen molar-refractivity contribution in [1.29, 1.82) is 0 Å². The molecule has 1 saturated heterocycles. The van der Waals surface area contributed by atoms with Gasteiger partial charge in [-0.15, -0.1) is 0 Å². The highest BCUT2D eigenvalue weighted by Gasteiger charge is 2.11. The Balaban J connectivity index is 1.81. The van der Waals surface area contributed by atoms with Gasteiger partial charge in [0.1, 0.15) is 0 Å². The first-order chi connectivity index (χ1) is 8.36. The van der Waals surface area contributed by atoms with Gasteiger partial charge in [0.25, 0.3) is 0 Å². The summed E-state index contributed by atoms with van der Waals surface area (Å²) >= 11 is 5.26. The lowest BCUT2D eigenvalue weighted by Crippen LogP contribution is -2.49. The van der Waals surface area contributed by atoms with Gasteiger partial charge in [0.15, 0.2) is 5.11 Å². The second-order valence-corrected chi connectivity index (χ2v) is 4.21. The predicted octanol–water partition coefficient (Wildman–Crippen LogP) is 0.800. The third-order valence-corrected chi connectivity index (χ3v) is 2.93. The van der Waals surface area contributed by atoms with Crippen LogP contribution in [0.5, 0.6) is 0 Å². The van der Waals surface area contributed by atoms with Gasteiger partial charge < -0.3 is 10.2 Å². The quantitative estimate of drug-likeness (QED) is 0.461. The minimum atomic E-state index is 0.693. The van der Waals surface area contributed by atoms with E-state index in [0.717, 1.165) is 31.7 Å². The van der Waals surface area contributed by atoms with E-state index < -0.39 is 0 Å². The Morgan fingerprint density at radius 1 is 1.29 bits per heavy atom. The van der Waals surface area contributed by atoms with Gasteiger partial charge in [-0.2, -0.15) is 5.10 Å². The maximum Gasteiger partial charge on any atom is 0.189 e. The molecule has 1 aliphatic heterocycles. The predicted molar refractivity (Wildman–Crippen MR) is 74.2 cm³/mol. The van der Waals surface area contributed by atoms with Crippen molar-refractivity contribution >= 4 is 23.5 Å². The molecular weight excluding hydrogens is 232 g/mol. The van der Waals surface area contributed by atoms with Gasteiger partial charge in [-0.3, -0.25) is 5.43 Å². The first kappa shape index (κ1) is 12.0. The van der Waals surface area contributed by atoms with Crippen molar-refractivity contribution < 1.29 is 0 Å². The van der Waals surface area contributed by atoms with Crippen molar-refractivity contribution in [2.75, 3.05) is 26.2 Å². The molecule has 0 amide bonds. The van der Waals surface area contributed by atoms with Crippen molar-refractivity contribution in [2.24, 2.45) is 5.10 Å². The number of hydrogen-bond acceptors (Lipinski definition) is 3. The summed E-state index contributed by atoms with van der Waals surface area (Å²) in [5, 5.41) is 8.12. The molecule has 2 N–H and O–H groups in total. The summed E-state index contributed by atoms with van der Waals surface area (Å²) in [6.45, 7) is 3.83. The molecule has 0 aliphatic carbocycles. The van der Waals surface area contributed by atoms with Crippen molar-refractivity contribution in [1.82, 2.24) is 15.6 Å². The molecule has 0 saturated carbocycles. The standard InChI is InChI=1S/C12H16N4S/c17-12(16-8-6-13-7-9-16)15-14-10-11-4-2-1-3-5-11/h1-5,10,13H,6-9H2,(H,15,17)/b14-10+. The van der Waals surface area contributed by atoms with Crippen LogP contribution in [0.1, 0.15) is 5.56 Å². The smallest absolute Gasteiger partial charge is 0.189 e. The van der Waals surface area contributed by atoms with Crippen LogP contribution in [0.3, 0.4) is 0 Å². The molecule has 0 bridgehead atoms. The van der Waals surface area contributed by atoms with E-state index in [-0.39, 0.29) is 0 Å². The summed E-state index contributed by atoms with van der Waals surface area (Å²) in [4.78, 5) is 2.12. The highest BCUT2D eigenvalue weighted by Crippen LogP contribution is 1.95. The SMILES string of the molecule is S=C(N/N=C/c1ccccc1)N1CCNCC1. The van der Waals surface area contributed by atoms with E-state index in [0.29, 0.717) is 5.11 Å². The lowest BCUT2D eigenvalue weighted by atomic mass is 10.2. The summed E-state index contributed by atoms with van der Waals surface area (Å²) in [5.41, 5.74) is 3.96. The molecule has 90 valence electrons. The van der Waals surface area contributed by atoms with E-state index in [1.54, 1.807) is 6.21 Å². The Labute approximate surface area is 107 Å². The van der Waals surface area contributed by atoms with E-state index in [4.69, 9.17) is 12.2 Å². The summed E-state index contributed by atoms with van der Waals surface area (Å²) in [5.74, 6) is 0. The van der Waals surface area contributed by atoms with E-state index in [1.807, 2.05) is 30.3 Å². The van der Waals surface area contributed by atoms with Crippen LogP contribution < -0.4 is 10.7 Å². The van der Waals surface area contributed by atoms with Crippen LogP contribution in [-0.2, 0) is 0 Å². The first-order valence-electron chi connectivity index (χ1n) is 5.70. The van der Waals surface area contributed by atoms with Gasteiger partial charge in [-0.05, 0) is 17.8 Å². The third kappa shape index (κ3) is 3.80. The van der Waals surface area contributed by atoms with Crippen LogP contribution >= 0.6 is 12.2 Å². The molecule has 4 nitrogen and oxygen atoms in total. The van der Waals surface area contributed by atoms with Crippen molar-refractivity contribution in [3.05, 3.63) is 35.9 Å². The number of hydrogen-bond donors (Lipinski definition) is 2. The second kappa shape index (κ2) is 6.32. The van der Waals surface area contributed by atoms with Crippen LogP contribution in [0.15, 0.2) is 35.4 Å². The van der Waals surface area contributed by atoms with Gasteiger partial charge in [0.2, 0.25) is 0 Å². The minimum Gasteiger partial charge on any atom is -0.345 e. The number of hydrazone groups is 1. The Morgan fingerprint density at radius 2 is 2.00 bits per heavy atom. The van der Waals surface area contributed by atoms with Crippen molar-refractivity contribution in [2.45, 2.75) is 0 Å². The topological polar surface area (TPSA) is 39.7 Å². The molecule has 1 fully saturated rings. The number of benzene rings is 1. The van der Waals surface area contributed by atoms with Crippen molar-refractivity contribution in [3.63, 3.8) is 0 Å². The van der Waals surface area contributed by atoms with Crippen LogP contribution in [0, 0.1) is 0 Å². The molecule has 2 rings (SSSR count). The number of nitrogens with one attached hydrogen (secondary N) is 2. The van der Waals surface area contributed by atoms with Gasteiger partial charge in [-0.1, -0.05) is 30.3 Å². The largest absolute Gasteiger partial charge is 0.345 e. The van der Waals surface area contributed by atoms with E-state index in [2.05, 4.69) is 20.7 Å². The maximum atomic E-state index is 5.26. The molecule has 1 heterocycles. The van der Waals surface area contributed by atoms with Gasteiger partial charge >= 0.3 is 0 Å². The molecule has 1 aromatic rings. The minimum absolute atomic E-state index is 0.693. The van der Waals surface area contributed by atoms with Crippen LogP contribution in [0.2, 0.25) is 0 Å². The first-order valence-corrected chi connectivity index (χ1v) is 6.11. The molecule has 1 aliphatic rings. The molecule has 5 heteroatoms. The summed E-state index contributed by atoms with van der Waals surface area (Å²) in [7, 11) is 0. The molecule has 0 atom stereocenters. The normalized spacial score (nSPS) is 16.1. The molecule has 1 aromatic carbocycles. The van der Waals surface area contributed by atoms with Gasteiger partial charge in [0, 0.05) is 26.2 Å². The highest BCUT2D eigenvalue weighted by molar-refractivity contribution is 7.80. The summed E-state index contributed by atoms with van der Waals surface area (Å²) in [6, 6.07) is 9.94. The van der Waals surface area contributed by atoms with E-state index >= 15 is 0 Å². The number of rotatable bonds is 2. The number of thiocarbonyl (C=S) groups is 1. The zero-order chi connectivity index (χ0) is 11.9. The fraction of sp³-hybridized carbons (Fsp3) is 0.333. The van der Waals surface area contributed by atoms with Gasteiger partial charge in [-0.25, -0.2) is 0 Å².